The number of nitrogens with zero attached hydrogens (tertiary/aromatic N) is 2. The van der Waals surface area contributed by atoms with Crippen LogP contribution in [0.3, 0.4) is 0 Å². The Kier molecular flexibility index (Phi) is 6.94. The highest BCUT2D eigenvalue weighted by Crippen LogP contribution is 2.25. The Labute approximate surface area is 138 Å². The summed E-state index contributed by atoms with van der Waals surface area (Å²) in [4.78, 5) is 4.54. The first kappa shape index (κ1) is 17.3. The van der Waals surface area contributed by atoms with E-state index < -0.39 is 0 Å². The van der Waals surface area contributed by atoms with E-state index in [-0.39, 0.29) is 0 Å². The van der Waals surface area contributed by atoms with Crippen LogP contribution in [0.4, 0.5) is 5.95 Å². The second-order valence-electron chi connectivity index (χ2n) is 5.35. The maximum absolute atomic E-state index is 5.51. The Morgan fingerprint density at radius 2 is 1.96 bits per heavy atom. The Morgan fingerprint density at radius 1 is 1.17 bits per heavy atom. The number of rotatable bonds is 10. The van der Waals surface area contributed by atoms with E-state index in [9.17, 15) is 0 Å². The Morgan fingerprint density at radius 3 is 2.61 bits per heavy atom. The molecule has 5 heteroatoms. The number of hydrogen-bond acceptors (Lipinski definition) is 4. The van der Waals surface area contributed by atoms with Gasteiger partial charge >= 0.3 is 0 Å². The molecule has 5 nitrogen and oxygen atoms in total. The van der Waals surface area contributed by atoms with Crippen LogP contribution >= 0.6 is 0 Å². The minimum atomic E-state index is 0.656. The van der Waals surface area contributed by atoms with Gasteiger partial charge in [-0.25, -0.2) is 4.98 Å². The van der Waals surface area contributed by atoms with Crippen molar-refractivity contribution in [3.63, 3.8) is 0 Å². The summed E-state index contributed by atoms with van der Waals surface area (Å²) in [5, 5.41) is 3.42. The molecule has 0 fully saturated rings. The van der Waals surface area contributed by atoms with Gasteiger partial charge in [-0.3, -0.25) is 0 Å². The molecular weight excluding hydrogens is 290 g/mol. The van der Waals surface area contributed by atoms with E-state index in [2.05, 4.69) is 33.9 Å². The third-order valence-corrected chi connectivity index (χ3v) is 3.65. The third kappa shape index (κ3) is 4.73. The number of ether oxygens (including phenoxy) is 2. The molecule has 0 amide bonds. The first-order valence-electron chi connectivity index (χ1n) is 8.31. The molecule has 2 aromatic rings. The summed E-state index contributed by atoms with van der Waals surface area (Å²) in [6.45, 7) is 7.21. The molecular formula is C18H27N3O2. The van der Waals surface area contributed by atoms with Crippen molar-refractivity contribution < 1.29 is 9.47 Å². The molecule has 0 saturated carbocycles. The summed E-state index contributed by atoms with van der Waals surface area (Å²) in [6.07, 6.45) is 4.21. The van der Waals surface area contributed by atoms with Crippen LogP contribution < -0.4 is 10.1 Å². The zero-order valence-electron chi connectivity index (χ0n) is 14.3. The topological polar surface area (TPSA) is 48.3 Å². The molecule has 1 aromatic carbocycles. The quantitative estimate of drug-likeness (QED) is 0.677. The van der Waals surface area contributed by atoms with Crippen LogP contribution in [0.1, 0.15) is 26.7 Å². The summed E-state index contributed by atoms with van der Waals surface area (Å²) in [6, 6.07) is 8.13. The second kappa shape index (κ2) is 9.20. The Bertz CT molecular complexity index is 578. The predicted molar refractivity (Wildman–Crippen MR) is 94.1 cm³/mol. The normalized spacial score (nSPS) is 10.7. The van der Waals surface area contributed by atoms with Gasteiger partial charge < -0.3 is 19.4 Å². The van der Waals surface area contributed by atoms with Crippen LogP contribution in [0.25, 0.3) is 11.3 Å². The van der Waals surface area contributed by atoms with Crippen molar-refractivity contribution >= 4 is 5.95 Å². The molecule has 0 aliphatic carbocycles. The fourth-order valence-electron chi connectivity index (χ4n) is 2.42. The van der Waals surface area contributed by atoms with Gasteiger partial charge in [-0.1, -0.05) is 13.3 Å². The SMILES string of the molecule is CCCCNc1ncc(-c2ccc(OCC)cc2)n1CCOC. The fraction of sp³-hybridized carbons (Fsp3) is 0.500. The second-order valence-corrected chi connectivity index (χ2v) is 5.35. The summed E-state index contributed by atoms with van der Waals surface area (Å²) in [5.74, 6) is 1.79. The molecule has 2 rings (SSSR count). The van der Waals surface area contributed by atoms with Crippen molar-refractivity contribution in [2.45, 2.75) is 33.2 Å². The van der Waals surface area contributed by atoms with Crippen LogP contribution in [0.5, 0.6) is 5.75 Å². The van der Waals surface area contributed by atoms with Crippen LogP contribution in [-0.2, 0) is 11.3 Å². The number of anilines is 1. The Balaban J connectivity index is 2.21. The van der Waals surface area contributed by atoms with Crippen LogP contribution in [0.2, 0.25) is 0 Å². The average molecular weight is 317 g/mol. The zero-order valence-corrected chi connectivity index (χ0v) is 14.3. The molecule has 0 spiro atoms. The third-order valence-electron chi connectivity index (χ3n) is 3.65. The maximum atomic E-state index is 5.51. The summed E-state index contributed by atoms with van der Waals surface area (Å²) in [7, 11) is 1.72. The van der Waals surface area contributed by atoms with E-state index in [0.717, 1.165) is 48.9 Å². The molecule has 0 atom stereocenters. The van der Waals surface area contributed by atoms with Crippen LogP contribution in [0.15, 0.2) is 30.5 Å². The van der Waals surface area contributed by atoms with Gasteiger partial charge in [0.15, 0.2) is 0 Å². The summed E-state index contributed by atoms with van der Waals surface area (Å²) in [5.41, 5.74) is 2.21. The Hall–Kier alpha value is -2.01. The number of nitrogens with one attached hydrogen (secondary N) is 1. The number of unbranched alkanes of at least 4 members (excludes halogenated alkanes) is 1. The standard InChI is InChI=1S/C18H27N3O2/c1-4-6-11-19-18-20-14-17(21(18)12-13-22-3)15-7-9-16(10-8-15)23-5-2/h7-10,14H,4-6,11-13H2,1-3H3,(H,19,20). The summed E-state index contributed by atoms with van der Waals surface area (Å²) < 4.78 is 12.9. The number of hydrogen-bond donors (Lipinski definition) is 1. The number of methoxy groups -OCH3 is 1. The monoisotopic (exact) mass is 317 g/mol. The van der Waals surface area contributed by atoms with Crippen molar-refractivity contribution in [3.8, 4) is 17.0 Å². The molecule has 23 heavy (non-hydrogen) atoms. The number of aromatic nitrogens is 2. The average Bonchev–Trinajstić information content (AvgIpc) is 2.97. The molecule has 0 radical (unpaired) electrons. The number of benzene rings is 1. The lowest BCUT2D eigenvalue weighted by molar-refractivity contribution is 0.188. The first-order chi connectivity index (χ1) is 11.3. The van der Waals surface area contributed by atoms with Gasteiger partial charge in [0.2, 0.25) is 5.95 Å². The van der Waals surface area contributed by atoms with E-state index in [4.69, 9.17) is 9.47 Å². The minimum Gasteiger partial charge on any atom is -0.494 e. The van der Waals surface area contributed by atoms with Crippen molar-refractivity contribution in [3.05, 3.63) is 30.5 Å². The number of imidazole rings is 1. The van der Waals surface area contributed by atoms with Gasteiger partial charge in [-0.15, -0.1) is 0 Å². The molecule has 0 bridgehead atoms. The maximum Gasteiger partial charge on any atom is 0.203 e. The van der Waals surface area contributed by atoms with Gasteiger partial charge in [0.25, 0.3) is 0 Å². The molecule has 1 N–H and O–H groups in total. The lowest BCUT2D eigenvalue weighted by atomic mass is 10.1. The highest BCUT2D eigenvalue weighted by Gasteiger charge is 2.11. The molecule has 1 aromatic heterocycles. The van der Waals surface area contributed by atoms with E-state index in [1.165, 1.54) is 0 Å². The minimum absolute atomic E-state index is 0.656. The van der Waals surface area contributed by atoms with Gasteiger partial charge in [-0.05, 0) is 37.6 Å². The van der Waals surface area contributed by atoms with Crippen molar-refractivity contribution in [1.29, 1.82) is 0 Å². The molecule has 0 aliphatic rings. The molecule has 1 heterocycles. The van der Waals surface area contributed by atoms with Gasteiger partial charge in [0, 0.05) is 25.8 Å². The first-order valence-corrected chi connectivity index (χ1v) is 8.31. The largest absolute Gasteiger partial charge is 0.494 e. The van der Waals surface area contributed by atoms with Gasteiger partial charge in [0.05, 0.1) is 25.1 Å². The van der Waals surface area contributed by atoms with Crippen molar-refractivity contribution in [2.24, 2.45) is 0 Å². The molecule has 0 saturated heterocycles. The highest BCUT2D eigenvalue weighted by atomic mass is 16.5. The molecule has 0 aliphatic heterocycles. The van der Waals surface area contributed by atoms with E-state index in [1.54, 1.807) is 7.11 Å². The van der Waals surface area contributed by atoms with Crippen LogP contribution in [0, 0.1) is 0 Å². The van der Waals surface area contributed by atoms with E-state index in [0.29, 0.717) is 13.2 Å². The highest BCUT2D eigenvalue weighted by molar-refractivity contribution is 5.62. The zero-order chi connectivity index (χ0) is 16.5. The van der Waals surface area contributed by atoms with Crippen LogP contribution in [-0.4, -0.2) is 36.4 Å². The lowest BCUT2D eigenvalue weighted by Gasteiger charge is -2.13. The fourth-order valence-corrected chi connectivity index (χ4v) is 2.42. The lowest BCUT2D eigenvalue weighted by Crippen LogP contribution is -2.12. The smallest absolute Gasteiger partial charge is 0.203 e. The predicted octanol–water partition coefficient (Wildman–Crippen LogP) is 3.81. The summed E-state index contributed by atoms with van der Waals surface area (Å²) >= 11 is 0. The van der Waals surface area contributed by atoms with E-state index >= 15 is 0 Å². The van der Waals surface area contributed by atoms with Gasteiger partial charge in [0.1, 0.15) is 5.75 Å². The molecule has 126 valence electrons. The molecule has 0 unspecified atom stereocenters. The van der Waals surface area contributed by atoms with E-state index in [1.807, 2.05) is 25.3 Å². The van der Waals surface area contributed by atoms with Crippen molar-refractivity contribution in [2.75, 3.05) is 32.2 Å². The van der Waals surface area contributed by atoms with Crippen molar-refractivity contribution in [1.82, 2.24) is 9.55 Å². The van der Waals surface area contributed by atoms with Gasteiger partial charge in [-0.2, -0.15) is 0 Å².